The number of carbonyl (C=O) groups excluding carboxylic acids is 1. The fourth-order valence-corrected chi connectivity index (χ4v) is 3.89. The number of hydrogen-bond acceptors (Lipinski definition) is 5. The van der Waals surface area contributed by atoms with Crippen molar-refractivity contribution in [3.63, 3.8) is 0 Å². The zero-order valence-electron chi connectivity index (χ0n) is 17.7. The molecule has 3 heterocycles. The second kappa shape index (κ2) is 8.78. The van der Waals surface area contributed by atoms with Crippen molar-refractivity contribution >= 4 is 22.6 Å². The Kier molecular flexibility index (Phi) is 6.05. The van der Waals surface area contributed by atoms with Crippen LogP contribution in [-0.4, -0.2) is 40.3 Å². The molecular formula is C22H24F3N5O2. The van der Waals surface area contributed by atoms with Crippen LogP contribution < -0.4 is 15.4 Å². The number of nitrogens with zero attached hydrogens (tertiary/aromatic N) is 2. The van der Waals surface area contributed by atoms with Crippen molar-refractivity contribution in [2.45, 2.75) is 44.9 Å². The summed E-state index contributed by atoms with van der Waals surface area (Å²) in [7, 11) is 0. The molecule has 1 amide bonds. The third kappa shape index (κ3) is 4.69. The monoisotopic (exact) mass is 447 g/mol. The Morgan fingerprint density at radius 2 is 1.97 bits per heavy atom. The van der Waals surface area contributed by atoms with E-state index in [1.165, 1.54) is 0 Å². The van der Waals surface area contributed by atoms with E-state index in [2.05, 4.69) is 25.8 Å². The van der Waals surface area contributed by atoms with Crippen LogP contribution >= 0.6 is 0 Å². The normalized spacial score (nSPS) is 15.3. The van der Waals surface area contributed by atoms with Crippen molar-refractivity contribution in [2.24, 2.45) is 0 Å². The van der Waals surface area contributed by atoms with E-state index < -0.39 is 17.8 Å². The summed E-state index contributed by atoms with van der Waals surface area (Å²) in [5, 5.41) is 13.3. The molecule has 1 saturated heterocycles. The van der Waals surface area contributed by atoms with E-state index >= 15 is 0 Å². The molecule has 1 aromatic carbocycles. The molecule has 10 heteroatoms. The molecule has 0 saturated carbocycles. The molecule has 32 heavy (non-hydrogen) atoms. The van der Waals surface area contributed by atoms with E-state index in [1.807, 2.05) is 0 Å². The molecule has 0 bridgehead atoms. The van der Waals surface area contributed by atoms with Crippen LogP contribution in [0.25, 0.3) is 10.9 Å². The fraction of sp³-hybridized carbons (Fsp3) is 0.409. The van der Waals surface area contributed by atoms with Gasteiger partial charge in [-0.1, -0.05) is 0 Å². The molecule has 7 nitrogen and oxygen atoms in total. The SMILES string of the molecule is CC(C)Oc1cc(C(F)(F)F)nc(NC(=O)c2ccc3[nH]ncc3c2)c1C1CCNCC1. The van der Waals surface area contributed by atoms with E-state index in [4.69, 9.17) is 4.74 Å². The number of carbonyl (C=O) groups is 1. The predicted molar refractivity (Wildman–Crippen MR) is 114 cm³/mol. The molecule has 3 N–H and O–H groups in total. The maximum absolute atomic E-state index is 13.6. The number of benzene rings is 1. The van der Waals surface area contributed by atoms with Gasteiger partial charge in [-0.2, -0.15) is 18.3 Å². The quantitative estimate of drug-likeness (QED) is 0.536. The van der Waals surface area contributed by atoms with Gasteiger partial charge >= 0.3 is 6.18 Å². The highest BCUT2D eigenvalue weighted by Crippen LogP contribution is 2.41. The first-order valence-electron chi connectivity index (χ1n) is 10.5. The molecule has 1 fully saturated rings. The molecule has 0 atom stereocenters. The lowest BCUT2D eigenvalue weighted by atomic mass is 9.89. The number of hydrogen-bond donors (Lipinski definition) is 3. The van der Waals surface area contributed by atoms with Gasteiger partial charge in [0.15, 0.2) is 5.69 Å². The molecule has 170 valence electrons. The van der Waals surface area contributed by atoms with Gasteiger partial charge in [-0.25, -0.2) is 4.98 Å². The van der Waals surface area contributed by atoms with E-state index in [0.717, 1.165) is 30.1 Å². The van der Waals surface area contributed by atoms with Gasteiger partial charge in [-0.15, -0.1) is 0 Å². The average molecular weight is 447 g/mol. The lowest BCUT2D eigenvalue weighted by Gasteiger charge is -2.28. The van der Waals surface area contributed by atoms with Gasteiger partial charge in [-0.05, 0) is 63.9 Å². The molecule has 1 aliphatic heterocycles. The molecule has 3 aromatic rings. The van der Waals surface area contributed by atoms with Crippen molar-refractivity contribution in [3.05, 3.63) is 47.3 Å². The van der Waals surface area contributed by atoms with Crippen molar-refractivity contribution in [1.82, 2.24) is 20.5 Å². The van der Waals surface area contributed by atoms with Crippen LogP contribution in [0.1, 0.15) is 54.2 Å². The number of anilines is 1. The number of H-pyrrole nitrogens is 1. The minimum absolute atomic E-state index is 0.0913. The maximum atomic E-state index is 13.6. The van der Waals surface area contributed by atoms with Gasteiger partial charge in [0.05, 0.1) is 17.8 Å². The maximum Gasteiger partial charge on any atom is 0.433 e. The van der Waals surface area contributed by atoms with Crippen molar-refractivity contribution in [3.8, 4) is 5.75 Å². The molecular weight excluding hydrogens is 423 g/mol. The van der Waals surface area contributed by atoms with Crippen LogP contribution in [0.5, 0.6) is 5.75 Å². The zero-order valence-corrected chi connectivity index (χ0v) is 17.7. The van der Waals surface area contributed by atoms with Crippen LogP contribution in [0.3, 0.4) is 0 Å². The summed E-state index contributed by atoms with van der Waals surface area (Å²) in [4.78, 5) is 16.8. The lowest BCUT2D eigenvalue weighted by Crippen LogP contribution is -2.28. The Morgan fingerprint density at radius 3 is 2.66 bits per heavy atom. The highest BCUT2D eigenvalue weighted by atomic mass is 19.4. The zero-order chi connectivity index (χ0) is 22.9. The number of pyridine rings is 1. The summed E-state index contributed by atoms with van der Waals surface area (Å²) in [5.41, 5.74) is 0.444. The lowest BCUT2D eigenvalue weighted by molar-refractivity contribution is -0.141. The van der Waals surface area contributed by atoms with Crippen LogP contribution in [0.4, 0.5) is 19.0 Å². The van der Waals surface area contributed by atoms with Crippen LogP contribution in [0, 0.1) is 0 Å². The molecule has 0 aliphatic carbocycles. The number of ether oxygens (including phenoxy) is 1. The second-order valence-corrected chi connectivity index (χ2v) is 8.08. The van der Waals surface area contributed by atoms with Gasteiger partial charge in [-0.3, -0.25) is 9.89 Å². The smallest absolute Gasteiger partial charge is 0.433 e. The molecule has 4 rings (SSSR count). The van der Waals surface area contributed by atoms with E-state index in [1.54, 1.807) is 38.2 Å². The van der Waals surface area contributed by atoms with E-state index in [0.29, 0.717) is 24.0 Å². The summed E-state index contributed by atoms with van der Waals surface area (Å²) in [6.07, 6.45) is -2.05. The van der Waals surface area contributed by atoms with Gasteiger partial charge < -0.3 is 15.4 Å². The number of aromatic amines is 1. The third-order valence-electron chi connectivity index (χ3n) is 5.36. The molecule has 0 unspecified atom stereocenters. The Hall–Kier alpha value is -3.14. The van der Waals surface area contributed by atoms with E-state index in [-0.39, 0.29) is 23.6 Å². The molecule has 0 spiro atoms. The first-order chi connectivity index (χ1) is 15.2. The number of alkyl halides is 3. The highest BCUT2D eigenvalue weighted by molar-refractivity contribution is 6.06. The third-order valence-corrected chi connectivity index (χ3v) is 5.36. The van der Waals surface area contributed by atoms with Crippen LogP contribution in [-0.2, 0) is 6.18 Å². The summed E-state index contributed by atoms with van der Waals surface area (Å²) >= 11 is 0. The number of nitrogens with one attached hydrogen (secondary N) is 3. The number of piperidine rings is 1. The number of rotatable bonds is 5. The van der Waals surface area contributed by atoms with Gasteiger partial charge in [0.1, 0.15) is 11.6 Å². The first-order valence-corrected chi connectivity index (χ1v) is 10.5. The minimum atomic E-state index is -4.68. The van der Waals surface area contributed by atoms with Crippen molar-refractivity contribution in [2.75, 3.05) is 18.4 Å². The van der Waals surface area contributed by atoms with Gasteiger partial charge in [0.25, 0.3) is 5.91 Å². The second-order valence-electron chi connectivity index (χ2n) is 8.08. The fourth-order valence-electron chi connectivity index (χ4n) is 3.89. The highest BCUT2D eigenvalue weighted by Gasteiger charge is 2.36. The summed E-state index contributed by atoms with van der Waals surface area (Å²) in [5.74, 6) is -0.647. The Balaban J connectivity index is 1.78. The Labute approximate surface area is 182 Å². The molecule has 2 aromatic heterocycles. The van der Waals surface area contributed by atoms with E-state index in [9.17, 15) is 18.0 Å². The number of halogens is 3. The first kappa shape index (κ1) is 22.1. The van der Waals surface area contributed by atoms with Crippen molar-refractivity contribution in [1.29, 1.82) is 0 Å². The Bertz CT molecular complexity index is 1120. The van der Waals surface area contributed by atoms with Crippen molar-refractivity contribution < 1.29 is 22.7 Å². The number of fused-ring (bicyclic) bond motifs is 1. The standard InChI is InChI=1S/C22H24F3N5O2/c1-12(2)32-17-10-18(22(23,24)25)28-20(19(17)13-5-7-26-8-6-13)29-21(31)14-3-4-16-15(9-14)11-27-30-16/h3-4,9-13,26H,5-8H2,1-2H3,(H,27,30)(H,28,29,31). The summed E-state index contributed by atoms with van der Waals surface area (Å²) in [6, 6.07) is 5.83. The molecule has 0 radical (unpaired) electrons. The molecule has 1 aliphatic rings. The van der Waals surface area contributed by atoms with Crippen LogP contribution in [0.15, 0.2) is 30.5 Å². The van der Waals surface area contributed by atoms with Gasteiger partial charge in [0.2, 0.25) is 0 Å². The summed E-state index contributed by atoms with van der Waals surface area (Å²) in [6.45, 7) is 4.94. The topological polar surface area (TPSA) is 91.9 Å². The Morgan fingerprint density at radius 1 is 1.22 bits per heavy atom. The average Bonchev–Trinajstić information content (AvgIpc) is 3.21. The minimum Gasteiger partial charge on any atom is -0.491 e. The van der Waals surface area contributed by atoms with Gasteiger partial charge in [0, 0.05) is 22.6 Å². The summed E-state index contributed by atoms with van der Waals surface area (Å²) < 4.78 is 46.6. The number of amides is 1. The predicted octanol–water partition coefficient (Wildman–Crippen LogP) is 4.48. The van der Waals surface area contributed by atoms with Crippen LogP contribution in [0.2, 0.25) is 0 Å². The number of aromatic nitrogens is 3. The largest absolute Gasteiger partial charge is 0.491 e.